The Morgan fingerprint density at radius 2 is 0.641 bits per heavy atom. The van der Waals surface area contributed by atoms with E-state index in [2.05, 4.69) is 42.6 Å². The number of thioether (sulfide) groups is 3. The standard InChI is InChI=1S/C68H72Cl3N3O15S3/c1-44(2)62(75)81-35-32-72-65(78)87-56(41-90-59-26-14-50(69)15-27-59)38-84-53-20-8-47(9-21-53)68(7,48-10-22-54(23-11-48)85-39-57(42-91-60-28-16-51(70)17-29-60)88-66(79)73-33-36-82-63(76)45(3)4)49-12-24-55(25-13-49)86-40-58(43-92-61-30-18-52(71)19-31-61)89-67(80)74-34-37-83-64(77)46(5)6/h8-31,56-58H,1,3,5,32-43H2,2,4,6-7H3,(H,72,78)(H,73,79)(H,74,80). The minimum absolute atomic E-state index is 0.00903. The van der Waals surface area contributed by atoms with Gasteiger partial charge in [0.25, 0.3) is 0 Å². The Kier molecular flexibility index (Phi) is 30.4. The minimum Gasteiger partial charge on any atom is -0.490 e. The monoisotopic (exact) mass is 1370 g/mol. The van der Waals surface area contributed by atoms with Crippen molar-refractivity contribution in [2.75, 3.05) is 76.5 Å². The van der Waals surface area contributed by atoms with E-state index < -0.39 is 59.9 Å². The van der Waals surface area contributed by atoms with Crippen molar-refractivity contribution in [3.63, 3.8) is 0 Å². The quantitative estimate of drug-likeness (QED) is 0.00831. The van der Waals surface area contributed by atoms with Crippen molar-refractivity contribution in [1.29, 1.82) is 0 Å². The first-order chi connectivity index (χ1) is 44.1. The molecule has 24 heteroatoms. The highest BCUT2D eigenvalue weighted by Gasteiger charge is 2.32. The molecule has 0 aliphatic heterocycles. The van der Waals surface area contributed by atoms with E-state index in [0.29, 0.717) is 49.6 Å². The van der Waals surface area contributed by atoms with Gasteiger partial charge < -0.3 is 58.6 Å². The van der Waals surface area contributed by atoms with Gasteiger partial charge in [0.05, 0.1) is 19.6 Å². The van der Waals surface area contributed by atoms with Crippen LogP contribution in [0.2, 0.25) is 15.1 Å². The van der Waals surface area contributed by atoms with E-state index in [0.717, 1.165) is 31.4 Å². The van der Waals surface area contributed by atoms with Crippen LogP contribution >= 0.6 is 70.1 Å². The number of benzene rings is 6. The van der Waals surface area contributed by atoms with Crippen molar-refractivity contribution in [3.8, 4) is 17.2 Å². The molecule has 3 unspecified atom stereocenters. The first-order valence-corrected chi connectivity index (χ1v) is 32.9. The molecule has 6 aromatic rings. The summed E-state index contributed by atoms with van der Waals surface area (Å²) in [6.07, 6.45) is -4.33. The predicted octanol–water partition coefficient (Wildman–Crippen LogP) is 14.2. The summed E-state index contributed by atoms with van der Waals surface area (Å²) in [5.41, 5.74) is 2.47. The summed E-state index contributed by atoms with van der Waals surface area (Å²) in [6, 6.07) is 44.6. The third kappa shape index (κ3) is 25.6. The lowest BCUT2D eigenvalue weighted by Crippen LogP contribution is -2.35. The molecular formula is C68H72Cl3N3O15S3. The van der Waals surface area contributed by atoms with E-state index in [1.807, 2.05) is 109 Å². The first kappa shape index (κ1) is 73.1. The van der Waals surface area contributed by atoms with Gasteiger partial charge >= 0.3 is 36.2 Å². The van der Waals surface area contributed by atoms with Crippen LogP contribution in [-0.4, -0.2) is 131 Å². The number of ether oxygens (including phenoxy) is 9. The van der Waals surface area contributed by atoms with Crippen molar-refractivity contribution >= 4 is 106 Å². The van der Waals surface area contributed by atoms with Crippen LogP contribution in [0.1, 0.15) is 44.4 Å². The van der Waals surface area contributed by atoms with E-state index in [4.69, 9.17) is 77.4 Å². The van der Waals surface area contributed by atoms with Crippen LogP contribution in [0.4, 0.5) is 14.4 Å². The Bertz CT molecular complexity index is 3060. The van der Waals surface area contributed by atoms with Crippen LogP contribution in [-0.2, 0) is 48.2 Å². The fourth-order valence-corrected chi connectivity index (χ4v) is 11.1. The molecule has 0 saturated carbocycles. The molecule has 0 heterocycles. The molecule has 0 radical (unpaired) electrons. The summed E-state index contributed by atoms with van der Waals surface area (Å²) in [5.74, 6) is 0.780. The lowest BCUT2D eigenvalue weighted by molar-refractivity contribution is -0.139. The second-order valence-corrected chi connectivity index (χ2v) is 25.1. The lowest BCUT2D eigenvalue weighted by atomic mass is 9.71. The van der Waals surface area contributed by atoms with Crippen LogP contribution < -0.4 is 30.2 Å². The van der Waals surface area contributed by atoms with Crippen LogP contribution in [0.25, 0.3) is 0 Å². The van der Waals surface area contributed by atoms with Crippen LogP contribution in [0.15, 0.2) is 197 Å². The number of amides is 3. The predicted molar refractivity (Wildman–Crippen MR) is 360 cm³/mol. The number of hydrogen-bond donors (Lipinski definition) is 3. The van der Waals surface area contributed by atoms with Gasteiger partial charge in [0.2, 0.25) is 0 Å². The summed E-state index contributed by atoms with van der Waals surface area (Å²) in [6.45, 7) is 17.2. The van der Waals surface area contributed by atoms with E-state index in [1.165, 1.54) is 56.1 Å². The summed E-state index contributed by atoms with van der Waals surface area (Å²) in [5, 5.41) is 9.61. The van der Waals surface area contributed by atoms with Gasteiger partial charge in [0.15, 0.2) is 0 Å². The van der Waals surface area contributed by atoms with Crippen LogP contribution in [0.3, 0.4) is 0 Å². The SMILES string of the molecule is C=C(C)C(=O)OCCNC(=O)OC(COc1ccc(C(C)(c2ccc(OCC(CSc3ccc(Cl)cc3)OC(=O)NCCOC(=O)C(=C)C)cc2)c2ccc(OCC(CSc3ccc(Cl)cc3)OC(=O)NCCOC(=O)C(=C)C)cc2)cc1)CSc1ccc(Cl)cc1. The fourth-order valence-electron chi connectivity index (χ4n) is 8.07. The van der Waals surface area contributed by atoms with E-state index in [9.17, 15) is 28.8 Å². The molecule has 0 fully saturated rings. The molecule has 6 aromatic carbocycles. The average Bonchev–Trinajstić information content (AvgIpc) is 0.776. The molecule has 18 nitrogen and oxygen atoms in total. The number of alkyl carbamates (subject to hydrolysis) is 3. The van der Waals surface area contributed by atoms with Gasteiger partial charge in [-0.3, -0.25) is 0 Å². The lowest BCUT2D eigenvalue weighted by Gasteiger charge is -2.32. The maximum absolute atomic E-state index is 13.0. The fraction of sp³-hybridized carbons (Fsp3) is 0.294. The Morgan fingerprint density at radius 1 is 0.402 bits per heavy atom. The smallest absolute Gasteiger partial charge is 0.407 e. The second kappa shape index (κ2) is 38.2. The number of esters is 3. The zero-order valence-corrected chi connectivity index (χ0v) is 55.9. The van der Waals surface area contributed by atoms with Gasteiger partial charge in [-0.15, -0.1) is 35.3 Å². The van der Waals surface area contributed by atoms with Crippen LogP contribution in [0, 0.1) is 0 Å². The van der Waals surface area contributed by atoms with Crippen molar-refractivity contribution in [2.45, 2.75) is 66.1 Å². The number of carbonyl (C=O) groups excluding carboxylic acids is 6. The largest absolute Gasteiger partial charge is 0.490 e. The molecule has 0 aromatic heterocycles. The number of hydrogen-bond acceptors (Lipinski definition) is 18. The van der Waals surface area contributed by atoms with Gasteiger partial charge in [0.1, 0.15) is 75.2 Å². The van der Waals surface area contributed by atoms with E-state index in [1.54, 1.807) is 36.4 Å². The van der Waals surface area contributed by atoms with Gasteiger partial charge in [0, 0.05) is 69.1 Å². The Labute approximate surface area is 563 Å². The van der Waals surface area contributed by atoms with Crippen molar-refractivity contribution in [3.05, 3.63) is 214 Å². The van der Waals surface area contributed by atoms with Gasteiger partial charge in [-0.25, -0.2) is 28.8 Å². The molecular weight excluding hydrogens is 1300 g/mol. The summed E-state index contributed by atoms with van der Waals surface area (Å²) >= 11 is 22.8. The van der Waals surface area contributed by atoms with Gasteiger partial charge in [-0.1, -0.05) is 90.9 Å². The second-order valence-electron chi connectivity index (χ2n) is 20.5. The summed E-state index contributed by atoms with van der Waals surface area (Å²) < 4.78 is 51.7. The Balaban J connectivity index is 1.22. The molecule has 92 heavy (non-hydrogen) atoms. The summed E-state index contributed by atoms with van der Waals surface area (Å²) in [7, 11) is 0. The molecule has 0 bridgehead atoms. The number of carbonyl (C=O) groups is 6. The number of nitrogens with one attached hydrogen (secondary N) is 3. The summed E-state index contributed by atoms with van der Waals surface area (Å²) in [4.78, 5) is 77.3. The van der Waals surface area contributed by atoms with Crippen molar-refractivity contribution in [1.82, 2.24) is 16.0 Å². The third-order valence-corrected chi connectivity index (χ3v) is 17.2. The molecule has 3 atom stereocenters. The Hall–Kier alpha value is -7.92. The molecule has 3 N–H and O–H groups in total. The highest BCUT2D eigenvalue weighted by Crippen LogP contribution is 2.41. The van der Waals surface area contributed by atoms with E-state index in [-0.39, 0.29) is 76.0 Å². The number of halogens is 3. The molecule has 3 amide bonds. The Morgan fingerprint density at radius 3 is 0.870 bits per heavy atom. The van der Waals surface area contributed by atoms with Crippen LogP contribution in [0.5, 0.6) is 17.2 Å². The highest BCUT2D eigenvalue weighted by molar-refractivity contribution is 7.99. The van der Waals surface area contributed by atoms with Gasteiger partial charge in [-0.2, -0.15) is 0 Å². The highest BCUT2D eigenvalue weighted by atomic mass is 35.5. The molecule has 6 rings (SSSR count). The normalized spacial score (nSPS) is 12.4. The molecule has 0 aliphatic carbocycles. The van der Waals surface area contributed by atoms with E-state index >= 15 is 0 Å². The molecule has 0 saturated heterocycles. The van der Waals surface area contributed by atoms with Crippen molar-refractivity contribution < 1.29 is 71.4 Å². The average molecular weight is 1370 g/mol. The third-order valence-electron chi connectivity index (χ3n) is 13.0. The maximum atomic E-state index is 13.0. The zero-order chi connectivity index (χ0) is 66.4. The minimum atomic E-state index is -0.845. The molecule has 488 valence electrons. The maximum Gasteiger partial charge on any atom is 0.407 e. The zero-order valence-electron chi connectivity index (χ0n) is 51.2. The van der Waals surface area contributed by atoms with Crippen molar-refractivity contribution in [2.24, 2.45) is 0 Å². The van der Waals surface area contributed by atoms with Gasteiger partial charge in [-0.05, 0) is 154 Å². The number of rotatable bonds is 36. The topological polar surface area (TPSA) is 222 Å². The molecule has 0 spiro atoms. The molecule has 0 aliphatic rings. The first-order valence-electron chi connectivity index (χ1n) is 28.8.